The van der Waals surface area contributed by atoms with Gasteiger partial charge in [0, 0.05) is 6.42 Å². The van der Waals surface area contributed by atoms with Gasteiger partial charge in [0.2, 0.25) is 0 Å². The molecule has 0 atom stereocenters. The Balaban J connectivity index is 1.69. The monoisotopic (exact) mass is 674 g/mol. The van der Waals surface area contributed by atoms with Crippen molar-refractivity contribution in [3.05, 3.63) is 68.0 Å². The van der Waals surface area contributed by atoms with Crippen LogP contribution in [0.4, 0.5) is 27.7 Å². The first-order chi connectivity index (χ1) is 19.1. The molecule has 0 bridgehead atoms. The molecule has 1 aromatic heterocycles. The minimum absolute atomic E-state index is 0.0753. The summed E-state index contributed by atoms with van der Waals surface area (Å²) < 4.78 is 56.0. The van der Waals surface area contributed by atoms with Gasteiger partial charge in [-0.25, -0.2) is 0 Å². The summed E-state index contributed by atoms with van der Waals surface area (Å²) in [6.45, 7) is 3.88. The SMILES string of the molecule is CCN(CCCCC(=O)O)c1cc2c(cc1CN(Cc1cc([I-]F)cc(C(F)(F)F)c1)c1ncn(C)n1)CCC2. The van der Waals surface area contributed by atoms with Gasteiger partial charge in [0.25, 0.3) is 0 Å². The topological polar surface area (TPSA) is 74.5 Å². The van der Waals surface area contributed by atoms with Gasteiger partial charge >= 0.3 is 226 Å². The van der Waals surface area contributed by atoms with Crippen LogP contribution in [0.5, 0.6) is 0 Å². The number of unbranched alkanes of at least 4 members (excludes halogenated alkanes) is 1. The molecule has 40 heavy (non-hydrogen) atoms. The number of aromatic nitrogens is 3. The second-order valence-electron chi connectivity index (χ2n) is 10.0. The van der Waals surface area contributed by atoms with Crippen LogP contribution in [0.25, 0.3) is 0 Å². The average molecular weight is 675 g/mol. The quantitative estimate of drug-likeness (QED) is 0.171. The van der Waals surface area contributed by atoms with Crippen LogP contribution in [0.3, 0.4) is 0 Å². The number of fused-ring (bicyclic) bond motifs is 1. The van der Waals surface area contributed by atoms with E-state index in [9.17, 15) is 20.8 Å². The van der Waals surface area contributed by atoms with Crippen LogP contribution in [-0.2, 0) is 43.9 Å². The first-order valence-electron chi connectivity index (χ1n) is 13.3. The maximum atomic E-state index is 13.6. The number of carboxylic acid groups (broad SMARTS) is 1. The number of carbonyl (C=O) groups is 1. The summed E-state index contributed by atoms with van der Waals surface area (Å²) in [5.41, 5.74) is 4.07. The normalized spacial score (nSPS) is 13.1. The van der Waals surface area contributed by atoms with E-state index in [1.54, 1.807) is 7.05 Å². The van der Waals surface area contributed by atoms with Crippen LogP contribution in [-0.4, -0.2) is 38.9 Å². The number of hydrogen-bond donors (Lipinski definition) is 1. The van der Waals surface area contributed by atoms with E-state index in [1.807, 2.05) is 4.90 Å². The van der Waals surface area contributed by atoms with Crippen LogP contribution in [0.15, 0.2) is 36.7 Å². The first kappa shape index (κ1) is 30.1. The van der Waals surface area contributed by atoms with E-state index in [1.165, 1.54) is 28.2 Å². The molecule has 0 unspecified atom stereocenters. The number of alkyl halides is 3. The molecule has 1 aliphatic carbocycles. The summed E-state index contributed by atoms with van der Waals surface area (Å²) in [6, 6.07) is 7.85. The third-order valence-electron chi connectivity index (χ3n) is 7.06. The first-order valence-corrected chi connectivity index (χ1v) is 15.2. The number of aliphatic carboxylic acids is 1. The van der Waals surface area contributed by atoms with E-state index in [-0.39, 0.29) is 16.5 Å². The minimum atomic E-state index is -4.58. The summed E-state index contributed by atoms with van der Waals surface area (Å²) in [5.74, 6) is -0.445. The maximum absolute atomic E-state index is 13.6. The second-order valence-corrected chi connectivity index (χ2v) is 11.7. The van der Waals surface area contributed by atoms with Gasteiger partial charge in [0.05, 0.1) is 0 Å². The molecule has 2 aromatic carbocycles. The Morgan fingerprint density at radius 1 is 1.07 bits per heavy atom. The average Bonchev–Trinajstić information content (AvgIpc) is 3.55. The predicted molar refractivity (Wildman–Crippen MR) is 140 cm³/mol. The van der Waals surface area contributed by atoms with Crippen molar-refractivity contribution in [1.29, 1.82) is 0 Å². The van der Waals surface area contributed by atoms with Crippen molar-refractivity contribution >= 4 is 17.6 Å². The van der Waals surface area contributed by atoms with Gasteiger partial charge in [-0.1, -0.05) is 0 Å². The van der Waals surface area contributed by atoms with Crippen molar-refractivity contribution in [2.45, 2.75) is 64.7 Å². The second kappa shape index (κ2) is 13.2. The van der Waals surface area contributed by atoms with Crippen LogP contribution in [0, 0.1) is 3.57 Å². The number of benzene rings is 2. The molecule has 0 aliphatic heterocycles. The molecule has 218 valence electrons. The molecule has 4 rings (SSSR count). The molecule has 0 fully saturated rings. The number of aryl methyl sites for hydroxylation is 3. The van der Waals surface area contributed by atoms with Crippen molar-refractivity contribution in [3.8, 4) is 0 Å². The summed E-state index contributed by atoms with van der Waals surface area (Å²) >= 11 is -2.03. The summed E-state index contributed by atoms with van der Waals surface area (Å²) in [4.78, 5) is 19.4. The van der Waals surface area contributed by atoms with E-state index in [0.717, 1.165) is 55.6 Å². The number of hydrogen-bond acceptors (Lipinski definition) is 5. The summed E-state index contributed by atoms with van der Waals surface area (Å²) in [7, 11) is 1.72. The van der Waals surface area contributed by atoms with E-state index in [4.69, 9.17) is 5.11 Å². The molecule has 1 aliphatic rings. The molecule has 0 amide bonds. The van der Waals surface area contributed by atoms with Gasteiger partial charge in [-0.3, -0.25) is 4.79 Å². The van der Waals surface area contributed by atoms with Crippen molar-refractivity contribution in [1.82, 2.24) is 14.8 Å². The third-order valence-corrected chi connectivity index (χ3v) is 8.15. The molecule has 1 heterocycles. The van der Waals surface area contributed by atoms with Gasteiger partial charge in [-0.05, 0) is 0 Å². The zero-order valence-electron chi connectivity index (χ0n) is 22.5. The molecular weight excluding hydrogens is 641 g/mol. The van der Waals surface area contributed by atoms with Gasteiger partial charge < -0.3 is 5.11 Å². The van der Waals surface area contributed by atoms with Gasteiger partial charge in [0.15, 0.2) is 0 Å². The van der Waals surface area contributed by atoms with Crippen molar-refractivity contribution in [2.75, 3.05) is 22.9 Å². The zero-order valence-corrected chi connectivity index (χ0v) is 24.7. The molecule has 0 saturated heterocycles. The molecular formula is C28H33F4IN5O2-. The van der Waals surface area contributed by atoms with E-state index >= 15 is 0 Å². The molecule has 1 N–H and O–H groups in total. The Morgan fingerprint density at radius 2 is 1.82 bits per heavy atom. The predicted octanol–water partition coefficient (Wildman–Crippen LogP) is 2.75. The Kier molecular flexibility index (Phi) is 9.90. The standard InChI is InChI=1S/C28H33F4IN5O2/c1-3-37(10-5-4-9-26(39)40)25-14-21-8-6-7-20(21)13-22(25)17-38(27-34-18-36(2)35-27)16-19-11-23(28(29,30)31)15-24(12-19)33-32/h11-15,18H,3-10,16-17H2,1-2H3,(H,39,40)/q-1. The number of rotatable bonds is 13. The Hall–Kier alpha value is -2.90. The fourth-order valence-electron chi connectivity index (χ4n) is 5.15. The summed E-state index contributed by atoms with van der Waals surface area (Å²) in [5, 5.41) is 13.4. The molecule has 7 nitrogen and oxygen atoms in total. The fraction of sp³-hybridized carbons (Fsp3) is 0.464. The van der Waals surface area contributed by atoms with Crippen molar-refractivity contribution in [2.24, 2.45) is 7.05 Å². The van der Waals surface area contributed by atoms with Gasteiger partial charge in [-0.15, -0.1) is 0 Å². The van der Waals surface area contributed by atoms with Gasteiger partial charge in [0.1, 0.15) is 0 Å². The van der Waals surface area contributed by atoms with Crippen LogP contribution < -0.4 is 31.6 Å². The molecule has 12 heteroatoms. The summed E-state index contributed by atoms with van der Waals surface area (Å²) in [6.07, 6.45) is 1.40. The fourth-order valence-corrected chi connectivity index (χ4v) is 6.12. The van der Waals surface area contributed by atoms with E-state index in [0.29, 0.717) is 31.0 Å². The third kappa shape index (κ3) is 7.64. The number of carboxylic acids is 1. The zero-order chi connectivity index (χ0) is 28.9. The Bertz CT molecular complexity index is 1330. The van der Waals surface area contributed by atoms with Gasteiger partial charge in [-0.2, -0.15) is 0 Å². The number of halogens is 5. The molecule has 0 radical (unpaired) electrons. The van der Waals surface area contributed by atoms with Crippen LogP contribution in [0.2, 0.25) is 0 Å². The number of anilines is 2. The molecule has 3 aromatic rings. The van der Waals surface area contributed by atoms with Crippen molar-refractivity contribution < 1.29 is 47.7 Å². The number of nitrogens with zero attached hydrogens (tertiary/aromatic N) is 5. The molecule has 0 saturated carbocycles. The molecule has 0 spiro atoms. The Labute approximate surface area is 242 Å². The van der Waals surface area contributed by atoms with Crippen molar-refractivity contribution in [3.63, 3.8) is 0 Å². The van der Waals surface area contributed by atoms with E-state index < -0.39 is 39.5 Å². The van der Waals surface area contributed by atoms with Crippen LogP contribution in [0.1, 0.15) is 60.4 Å². The Morgan fingerprint density at radius 3 is 2.45 bits per heavy atom. The van der Waals surface area contributed by atoms with E-state index in [2.05, 4.69) is 34.0 Å². The van der Waals surface area contributed by atoms with Crippen LogP contribution >= 0.6 is 0 Å².